The van der Waals surface area contributed by atoms with Gasteiger partial charge in [-0.15, -0.1) is 0 Å². The van der Waals surface area contributed by atoms with E-state index < -0.39 is 23.3 Å². The van der Waals surface area contributed by atoms with Gasteiger partial charge < -0.3 is 10.4 Å². The maximum Gasteiger partial charge on any atom is 0.158 e. The van der Waals surface area contributed by atoms with Crippen molar-refractivity contribution in [3.05, 3.63) is 76.7 Å². The minimum Gasteiger partial charge on any atom is -0.389 e. The summed E-state index contributed by atoms with van der Waals surface area (Å²) in [5, 5.41) is 14.5. The molecule has 1 aliphatic carbocycles. The number of hydrogen-bond acceptors (Lipinski definition) is 4. The summed E-state index contributed by atoms with van der Waals surface area (Å²) in [5.41, 5.74) is 2.19. The van der Waals surface area contributed by atoms with Gasteiger partial charge in [0.25, 0.3) is 0 Å². The number of allylic oxidation sites excluding steroid dienone is 1. The Bertz CT molecular complexity index is 959. The first-order valence-electron chi connectivity index (χ1n) is 9.66. The first-order chi connectivity index (χ1) is 13.6. The molecule has 0 saturated heterocycles. The minimum atomic E-state index is -1.36. The Labute approximate surface area is 170 Å². The number of carbonyl (C=O) groups is 2. The summed E-state index contributed by atoms with van der Waals surface area (Å²) < 4.78 is 13.5. The third kappa shape index (κ3) is 4.30. The van der Waals surface area contributed by atoms with Gasteiger partial charge in [0.2, 0.25) is 0 Å². The summed E-state index contributed by atoms with van der Waals surface area (Å²) in [5.74, 6) is -2.27. The molecule has 2 aromatic carbocycles. The lowest BCUT2D eigenvalue weighted by Gasteiger charge is -2.43. The van der Waals surface area contributed by atoms with E-state index in [4.69, 9.17) is 0 Å². The van der Waals surface area contributed by atoms with Crippen LogP contribution in [0, 0.1) is 18.7 Å². The Hall–Kier alpha value is -2.79. The number of rotatable bonds is 5. The van der Waals surface area contributed by atoms with Gasteiger partial charge in [-0.25, -0.2) is 4.39 Å². The molecule has 0 bridgehead atoms. The molecule has 0 saturated carbocycles. The van der Waals surface area contributed by atoms with Crippen molar-refractivity contribution >= 4 is 17.3 Å². The van der Waals surface area contributed by atoms with Crippen molar-refractivity contribution in [3.63, 3.8) is 0 Å². The SMILES string of the molecule is CC(=O)C1=C(Nc2ccc(C)cc2)CC(C)(O)C(C(C)=O)C1c1ccc(F)cc1. The summed E-state index contributed by atoms with van der Waals surface area (Å²) in [6.45, 7) is 6.48. The molecule has 3 unspecified atom stereocenters. The van der Waals surface area contributed by atoms with Crippen molar-refractivity contribution in [2.75, 3.05) is 5.32 Å². The average molecular weight is 395 g/mol. The molecule has 29 heavy (non-hydrogen) atoms. The standard InChI is InChI=1S/C24H26FNO3/c1-14-5-11-19(12-6-14)26-20-13-24(4,29)23(16(3)28)22(21(20)15(2)27)17-7-9-18(25)10-8-17/h5-12,22-23,26,29H,13H2,1-4H3. The molecule has 3 atom stereocenters. The lowest BCUT2D eigenvalue weighted by atomic mass is 9.64. The maximum absolute atomic E-state index is 13.5. The molecule has 2 N–H and O–H groups in total. The Morgan fingerprint density at radius 1 is 1.07 bits per heavy atom. The van der Waals surface area contributed by atoms with E-state index in [2.05, 4.69) is 5.32 Å². The van der Waals surface area contributed by atoms with E-state index in [1.165, 1.54) is 26.0 Å². The Kier molecular flexibility index (Phi) is 5.71. The molecule has 0 fully saturated rings. The summed E-state index contributed by atoms with van der Waals surface area (Å²) >= 11 is 0. The van der Waals surface area contributed by atoms with Crippen LogP contribution in [0.3, 0.4) is 0 Å². The number of ketones is 2. The molecule has 2 aromatic rings. The van der Waals surface area contributed by atoms with E-state index in [-0.39, 0.29) is 18.0 Å². The Morgan fingerprint density at radius 3 is 2.17 bits per heavy atom. The number of carbonyl (C=O) groups excluding carboxylic acids is 2. The summed E-state index contributed by atoms with van der Waals surface area (Å²) in [7, 11) is 0. The molecule has 0 radical (unpaired) electrons. The molecular weight excluding hydrogens is 369 g/mol. The van der Waals surface area contributed by atoms with E-state index in [0.717, 1.165) is 11.3 Å². The highest BCUT2D eigenvalue weighted by atomic mass is 19.1. The predicted molar refractivity (Wildman–Crippen MR) is 111 cm³/mol. The number of hydrogen-bond donors (Lipinski definition) is 2. The fraction of sp³-hybridized carbons (Fsp3) is 0.333. The smallest absolute Gasteiger partial charge is 0.158 e. The second-order valence-corrected chi connectivity index (χ2v) is 8.09. The lowest BCUT2D eigenvalue weighted by molar-refractivity contribution is -0.131. The van der Waals surface area contributed by atoms with Crippen LogP contribution in [0.15, 0.2) is 59.8 Å². The number of anilines is 1. The number of nitrogens with one attached hydrogen (secondary N) is 1. The predicted octanol–water partition coefficient (Wildman–Crippen LogP) is 4.53. The molecule has 0 aromatic heterocycles. The summed E-state index contributed by atoms with van der Waals surface area (Å²) in [4.78, 5) is 25.3. The van der Waals surface area contributed by atoms with E-state index in [1.807, 2.05) is 31.2 Å². The first kappa shape index (κ1) is 20.9. The molecular formula is C24H26FNO3. The van der Waals surface area contributed by atoms with Crippen LogP contribution in [-0.2, 0) is 9.59 Å². The summed E-state index contributed by atoms with van der Waals surface area (Å²) in [6.07, 6.45) is 0.137. The van der Waals surface area contributed by atoms with Crippen LogP contribution in [0.1, 0.15) is 44.2 Å². The third-order valence-corrected chi connectivity index (χ3v) is 5.57. The van der Waals surface area contributed by atoms with Gasteiger partial charge in [0, 0.05) is 29.3 Å². The van der Waals surface area contributed by atoms with Crippen molar-refractivity contribution in [1.82, 2.24) is 0 Å². The fourth-order valence-electron chi connectivity index (χ4n) is 4.33. The van der Waals surface area contributed by atoms with Crippen molar-refractivity contribution < 1.29 is 19.1 Å². The maximum atomic E-state index is 13.5. The van der Waals surface area contributed by atoms with Crippen LogP contribution >= 0.6 is 0 Å². The number of Topliss-reactive ketones (excluding diaryl/α,β-unsaturated/α-hetero) is 2. The van der Waals surface area contributed by atoms with E-state index in [1.54, 1.807) is 19.1 Å². The quantitative estimate of drug-likeness (QED) is 0.780. The highest BCUT2D eigenvalue weighted by molar-refractivity contribution is 5.98. The van der Waals surface area contributed by atoms with Gasteiger partial charge in [-0.1, -0.05) is 29.8 Å². The molecule has 1 aliphatic rings. The second-order valence-electron chi connectivity index (χ2n) is 8.09. The van der Waals surface area contributed by atoms with E-state index in [9.17, 15) is 19.1 Å². The van der Waals surface area contributed by atoms with Gasteiger partial charge in [0.1, 0.15) is 11.6 Å². The van der Waals surface area contributed by atoms with Gasteiger partial charge >= 0.3 is 0 Å². The monoisotopic (exact) mass is 395 g/mol. The van der Waals surface area contributed by atoms with Crippen molar-refractivity contribution in [1.29, 1.82) is 0 Å². The fourth-order valence-corrected chi connectivity index (χ4v) is 4.33. The molecule has 0 spiro atoms. The normalized spacial score (nSPS) is 24.3. The Balaban J connectivity index is 2.19. The number of benzene rings is 2. The van der Waals surface area contributed by atoms with Crippen LogP contribution in [0.2, 0.25) is 0 Å². The molecule has 4 nitrogen and oxygen atoms in total. The van der Waals surface area contributed by atoms with Crippen molar-refractivity contribution in [2.24, 2.45) is 5.92 Å². The average Bonchev–Trinajstić information content (AvgIpc) is 2.62. The third-order valence-electron chi connectivity index (χ3n) is 5.57. The Morgan fingerprint density at radius 2 is 1.66 bits per heavy atom. The van der Waals surface area contributed by atoms with Gasteiger partial charge in [0.05, 0.1) is 11.5 Å². The zero-order valence-electron chi connectivity index (χ0n) is 17.1. The topological polar surface area (TPSA) is 66.4 Å². The highest BCUT2D eigenvalue weighted by Gasteiger charge is 2.49. The highest BCUT2D eigenvalue weighted by Crippen LogP contribution is 2.47. The second kappa shape index (κ2) is 7.91. The van der Waals surface area contributed by atoms with Crippen LogP contribution in [0.4, 0.5) is 10.1 Å². The van der Waals surface area contributed by atoms with Crippen molar-refractivity contribution in [3.8, 4) is 0 Å². The summed E-state index contributed by atoms with van der Waals surface area (Å²) in [6, 6.07) is 13.5. The zero-order valence-corrected chi connectivity index (χ0v) is 17.1. The van der Waals surface area contributed by atoms with Gasteiger partial charge in [-0.2, -0.15) is 0 Å². The van der Waals surface area contributed by atoms with Gasteiger partial charge in [-0.05, 0) is 57.5 Å². The largest absolute Gasteiger partial charge is 0.389 e. The molecule has 0 amide bonds. The number of aliphatic hydroxyl groups is 1. The van der Waals surface area contributed by atoms with E-state index in [0.29, 0.717) is 16.8 Å². The molecule has 152 valence electrons. The van der Waals surface area contributed by atoms with Crippen LogP contribution in [0.5, 0.6) is 0 Å². The molecule has 5 heteroatoms. The first-order valence-corrected chi connectivity index (χ1v) is 9.66. The van der Waals surface area contributed by atoms with Crippen LogP contribution < -0.4 is 5.32 Å². The van der Waals surface area contributed by atoms with Gasteiger partial charge in [0.15, 0.2) is 5.78 Å². The minimum absolute atomic E-state index is 0.137. The lowest BCUT2D eigenvalue weighted by Crippen LogP contribution is -2.48. The van der Waals surface area contributed by atoms with Gasteiger partial charge in [-0.3, -0.25) is 9.59 Å². The molecule has 0 heterocycles. The zero-order chi connectivity index (χ0) is 21.3. The van der Waals surface area contributed by atoms with E-state index >= 15 is 0 Å². The van der Waals surface area contributed by atoms with Crippen molar-refractivity contribution in [2.45, 2.75) is 45.6 Å². The number of halogens is 1. The van der Waals surface area contributed by atoms with Crippen LogP contribution in [-0.4, -0.2) is 22.3 Å². The molecule has 0 aliphatic heterocycles. The number of aryl methyl sites for hydroxylation is 1. The van der Waals surface area contributed by atoms with Crippen LogP contribution in [0.25, 0.3) is 0 Å². The molecule has 3 rings (SSSR count).